The average molecular weight is 139 g/mol. The van der Waals surface area contributed by atoms with Crippen molar-refractivity contribution in [2.75, 3.05) is 19.6 Å². The molecule has 0 radical (unpaired) electrons. The molecular weight excluding hydrogens is 122 g/mol. The lowest BCUT2D eigenvalue weighted by atomic mass is 9.96. The second-order valence-electron chi connectivity index (χ2n) is 4.23. The number of rotatable bonds is 1. The molecule has 10 heavy (non-hydrogen) atoms. The van der Waals surface area contributed by atoms with Crippen LogP contribution in [0.25, 0.3) is 0 Å². The van der Waals surface area contributed by atoms with Crippen molar-refractivity contribution in [3.8, 4) is 0 Å². The summed E-state index contributed by atoms with van der Waals surface area (Å²) < 4.78 is 0. The van der Waals surface area contributed by atoms with Gasteiger partial charge < -0.3 is 0 Å². The summed E-state index contributed by atoms with van der Waals surface area (Å²) in [5, 5.41) is 0. The van der Waals surface area contributed by atoms with E-state index >= 15 is 0 Å². The second kappa shape index (κ2) is 2.75. The molecule has 0 aromatic rings. The maximum atomic E-state index is 2.46. The first kappa shape index (κ1) is 7.80. The van der Waals surface area contributed by atoms with Gasteiger partial charge in [-0.1, -0.05) is 32.9 Å². The Morgan fingerprint density at radius 3 is 2.10 bits per heavy atom. The van der Waals surface area contributed by atoms with Crippen LogP contribution in [0.5, 0.6) is 0 Å². The Balaban J connectivity index is 2.26. The molecule has 1 aliphatic rings. The van der Waals surface area contributed by atoms with Crippen LogP contribution in [0.2, 0.25) is 0 Å². The van der Waals surface area contributed by atoms with Crippen molar-refractivity contribution in [1.82, 2.24) is 4.90 Å². The molecule has 1 heterocycles. The van der Waals surface area contributed by atoms with Crippen LogP contribution in [0.1, 0.15) is 20.8 Å². The van der Waals surface area contributed by atoms with Gasteiger partial charge in [-0.3, -0.25) is 4.90 Å². The predicted molar refractivity (Wildman–Crippen MR) is 45.0 cm³/mol. The Morgan fingerprint density at radius 2 is 1.70 bits per heavy atom. The summed E-state index contributed by atoms with van der Waals surface area (Å²) in [4.78, 5) is 2.46. The van der Waals surface area contributed by atoms with Gasteiger partial charge in [-0.05, 0) is 5.41 Å². The normalized spacial score (nSPS) is 20.3. The van der Waals surface area contributed by atoms with Crippen molar-refractivity contribution in [2.45, 2.75) is 20.8 Å². The average Bonchev–Trinajstić information content (AvgIpc) is 2.12. The third-order valence-corrected chi connectivity index (χ3v) is 1.59. The van der Waals surface area contributed by atoms with Crippen LogP contribution in [0.3, 0.4) is 0 Å². The van der Waals surface area contributed by atoms with E-state index in [4.69, 9.17) is 0 Å². The smallest absolute Gasteiger partial charge is 0.0167 e. The SMILES string of the molecule is CC(C)(C)CN1CC=CC1. The van der Waals surface area contributed by atoms with Crippen molar-refractivity contribution in [3.05, 3.63) is 12.2 Å². The fraction of sp³-hybridized carbons (Fsp3) is 0.778. The minimum atomic E-state index is 0.450. The Morgan fingerprint density at radius 1 is 1.20 bits per heavy atom. The quantitative estimate of drug-likeness (QED) is 0.501. The molecule has 0 bridgehead atoms. The molecule has 0 saturated heterocycles. The van der Waals surface area contributed by atoms with Crippen LogP contribution in [0, 0.1) is 5.41 Å². The largest absolute Gasteiger partial charge is 0.296 e. The summed E-state index contributed by atoms with van der Waals surface area (Å²) in [6, 6.07) is 0. The molecule has 0 amide bonds. The fourth-order valence-corrected chi connectivity index (χ4v) is 1.32. The second-order valence-corrected chi connectivity index (χ2v) is 4.23. The number of hydrogen-bond donors (Lipinski definition) is 0. The maximum Gasteiger partial charge on any atom is 0.0167 e. The molecule has 0 aliphatic carbocycles. The molecule has 0 aromatic carbocycles. The van der Waals surface area contributed by atoms with Gasteiger partial charge in [0.2, 0.25) is 0 Å². The van der Waals surface area contributed by atoms with Crippen LogP contribution in [-0.4, -0.2) is 24.5 Å². The molecule has 1 nitrogen and oxygen atoms in total. The first-order chi connectivity index (χ1) is 4.58. The summed E-state index contributed by atoms with van der Waals surface area (Å²) in [7, 11) is 0. The molecule has 0 spiro atoms. The van der Waals surface area contributed by atoms with Gasteiger partial charge in [-0.15, -0.1) is 0 Å². The lowest BCUT2D eigenvalue weighted by Crippen LogP contribution is -2.30. The highest BCUT2D eigenvalue weighted by atomic mass is 15.1. The standard InChI is InChI=1S/C9H17N/c1-9(2,3)8-10-6-4-5-7-10/h4-5H,6-8H2,1-3H3. The molecule has 0 unspecified atom stereocenters. The van der Waals surface area contributed by atoms with Gasteiger partial charge in [0, 0.05) is 19.6 Å². The van der Waals surface area contributed by atoms with Crippen molar-refractivity contribution < 1.29 is 0 Å². The highest BCUT2D eigenvalue weighted by Gasteiger charge is 2.15. The predicted octanol–water partition coefficient (Wildman–Crippen LogP) is 1.90. The highest BCUT2D eigenvalue weighted by Crippen LogP contribution is 2.16. The van der Waals surface area contributed by atoms with Crippen LogP contribution in [-0.2, 0) is 0 Å². The van der Waals surface area contributed by atoms with Crippen LogP contribution in [0.15, 0.2) is 12.2 Å². The molecule has 0 fully saturated rings. The van der Waals surface area contributed by atoms with E-state index in [0.29, 0.717) is 5.41 Å². The number of hydrogen-bond acceptors (Lipinski definition) is 1. The van der Waals surface area contributed by atoms with Crippen molar-refractivity contribution in [1.29, 1.82) is 0 Å². The van der Waals surface area contributed by atoms with E-state index in [1.165, 1.54) is 6.54 Å². The molecule has 0 aromatic heterocycles. The van der Waals surface area contributed by atoms with E-state index in [-0.39, 0.29) is 0 Å². The first-order valence-electron chi connectivity index (χ1n) is 3.95. The summed E-state index contributed by atoms with van der Waals surface area (Å²) in [5.74, 6) is 0. The molecule has 1 heteroatoms. The zero-order valence-corrected chi connectivity index (χ0v) is 7.22. The minimum Gasteiger partial charge on any atom is -0.296 e. The zero-order chi connectivity index (χ0) is 7.61. The Bertz CT molecular complexity index is 122. The van der Waals surface area contributed by atoms with Gasteiger partial charge >= 0.3 is 0 Å². The van der Waals surface area contributed by atoms with Crippen LogP contribution >= 0.6 is 0 Å². The molecule has 1 rings (SSSR count). The van der Waals surface area contributed by atoms with Gasteiger partial charge in [0.05, 0.1) is 0 Å². The third-order valence-electron chi connectivity index (χ3n) is 1.59. The highest BCUT2D eigenvalue weighted by molar-refractivity contribution is 4.96. The molecular formula is C9H17N. The Labute approximate surface area is 63.7 Å². The van der Waals surface area contributed by atoms with Crippen molar-refractivity contribution >= 4 is 0 Å². The van der Waals surface area contributed by atoms with Crippen molar-refractivity contribution in [2.24, 2.45) is 5.41 Å². The number of nitrogens with zero attached hydrogens (tertiary/aromatic N) is 1. The lowest BCUT2D eigenvalue weighted by Gasteiger charge is -2.25. The molecule has 0 atom stereocenters. The van der Waals surface area contributed by atoms with Gasteiger partial charge in [0.25, 0.3) is 0 Å². The minimum absolute atomic E-state index is 0.450. The Hall–Kier alpha value is -0.300. The zero-order valence-electron chi connectivity index (χ0n) is 7.22. The van der Waals surface area contributed by atoms with Gasteiger partial charge in [0.15, 0.2) is 0 Å². The van der Waals surface area contributed by atoms with Crippen LogP contribution < -0.4 is 0 Å². The molecule has 1 aliphatic heterocycles. The lowest BCUT2D eigenvalue weighted by molar-refractivity contribution is 0.235. The topological polar surface area (TPSA) is 3.24 Å². The molecule has 58 valence electrons. The molecule has 0 N–H and O–H groups in total. The van der Waals surface area contributed by atoms with E-state index in [9.17, 15) is 0 Å². The monoisotopic (exact) mass is 139 g/mol. The summed E-state index contributed by atoms with van der Waals surface area (Å²) in [6.07, 6.45) is 4.48. The molecule has 0 saturated carbocycles. The van der Waals surface area contributed by atoms with Crippen molar-refractivity contribution in [3.63, 3.8) is 0 Å². The maximum absolute atomic E-state index is 2.46. The third kappa shape index (κ3) is 2.53. The summed E-state index contributed by atoms with van der Waals surface area (Å²) >= 11 is 0. The van der Waals surface area contributed by atoms with E-state index in [1.807, 2.05) is 0 Å². The van der Waals surface area contributed by atoms with Crippen LogP contribution in [0.4, 0.5) is 0 Å². The first-order valence-corrected chi connectivity index (χ1v) is 3.95. The summed E-state index contributed by atoms with van der Waals surface area (Å²) in [5.41, 5.74) is 0.450. The Kier molecular flexibility index (Phi) is 2.14. The van der Waals surface area contributed by atoms with E-state index in [2.05, 4.69) is 37.8 Å². The van der Waals surface area contributed by atoms with Gasteiger partial charge in [0.1, 0.15) is 0 Å². The summed E-state index contributed by atoms with van der Waals surface area (Å²) in [6.45, 7) is 10.4. The van der Waals surface area contributed by atoms with E-state index in [1.54, 1.807) is 0 Å². The van der Waals surface area contributed by atoms with E-state index in [0.717, 1.165) is 13.1 Å². The van der Waals surface area contributed by atoms with Gasteiger partial charge in [-0.2, -0.15) is 0 Å². The van der Waals surface area contributed by atoms with E-state index < -0.39 is 0 Å². The fourth-order valence-electron chi connectivity index (χ4n) is 1.32. The van der Waals surface area contributed by atoms with Gasteiger partial charge in [-0.25, -0.2) is 0 Å².